The number of hydrogen-bond donors (Lipinski definition) is 1. The first-order chi connectivity index (χ1) is 13.0. The van der Waals surface area contributed by atoms with Gasteiger partial charge < -0.3 is 9.47 Å². The van der Waals surface area contributed by atoms with Crippen molar-refractivity contribution in [3.63, 3.8) is 0 Å². The second kappa shape index (κ2) is 8.28. The summed E-state index contributed by atoms with van der Waals surface area (Å²) in [6.07, 6.45) is 1.57. The van der Waals surface area contributed by atoms with E-state index < -0.39 is 17.1 Å². The molecule has 2 aromatic carbocycles. The Kier molecular flexibility index (Phi) is 5.83. The number of rotatable bonds is 5. The molecule has 8 heteroatoms. The Labute approximate surface area is 164 Å². The number of esters is 1. The molecule has 0 aromatic heterocycles. The average Bonchev–Trinajstić information content (AvgIpc) is 2.94. The van der Waals surface area contributed by atoms with E-state index in [2.05, 4.69) is 5.32 Å². The van der Waals surface area contributed by atoms with Gasteiger partial charge >= 0.3 is 5.97 Å². The molecule has 6 nitrogen and oxygen atoms in total. The fourth-order valence-electron chi connectivity index (χ4n) is 2.31. The third kappa shape index (κ3) is 4.69. The summed E-state index contributed by atoms with van der Waals surface area (Å²) in [6, 6.07) is 11.3. The maximum absolute atomic E-state index is 12.3. The zero-order chi connectivity index (χ0) is 19.4. The van der Waals surface area contributed by atoms with E-state index in [4.69, 9.17) is 21.1 Å². The monoisotopic (exact) mass is 403 g/mol. The van der Waals surface area contributed by atoms with Gasteiger partial charge in [0.25, 0.3) is 11.1 Å². The van der Waals surface area contributed by atoms with Crippen molar-refractivity contribution in [3.05, 3.63) is 63.5 Å². The summed E-state index contributed by atoms with van der Waals surface area (Å²) in [5, 5.41) is 2.21. The Morgan fingerprint density at radius 3 is 2.67 bits per heavy atom. The molecule has 0 saturated carbocycles. The molecule has 0 atom stereocenters. The van der Waals surface area contributed by atoms with Crippen LogP contribution < -0.4 is 14.8 Å². The molecular formula is C19H14ClNO5S. The van der Waals surface area contributed by atoms with E-state index in [0.29, 0.717) is 28.5 Å². The number of thioether (sulfide) groups is 1. The number of nitrogens with one attached hydrogen (secondary N) is 1. The zero-order valence-electron chi connectivity index (χ0n) is 14.2. The molecule has 1 heterocycles. The second-order valence-electron chi connectivity index (χ2n) is 5.39. The highest BCUT2D eigenvalue weighted by molar-refractivity contribution is 8.18. The molecule has 27 heavy (non-hydrogen) atoms. The van der Waals surface area contributed by atoms with Gasteiger partial charge in [-0.3, -0.25) is 14.9 Å². The first kappa shape index (κ1) is 19.0. The summed E-state index contributed by atoms with van der Waals surface area (Å²) in [5.74, 6) is -0.430. The third-order valence-electron chi connectivity index (χ3n) is 3.47. The van der Waals surface area contributed by atoms with E-state index in [1.165, 1.54) is 6.07 Å². The number of imide groups is 1. The minimum absolute atomic E-state index is 0.239. The summed E-state index contributed by atoms with van der Waals surface area (Å²) in [7, 11) is 0. The quantitative estimate of drug-likeness (QED) is 0.456. The van der Waals surface area contributed by atoms with Gasteiger partial charge in [0, 0.05) is 5.02 Å². The lowest BCUT2D eigenvalue weighted by Gasteiger charge is -2.11. The fourth-order valence-corrected chi connectivity index (χ4v) is 3.19. The van der Waals surface area contributed by atoms with Gasteiger partial charge in [0.2, 0.25) is 0 Å². The molecule has 0 bridgehead atoms. The number of carbonyl (C=O) groups excluding carboxylic acids is 3. The highest BCUT2D eigenvalue weighted by atomic mass is 35.5. The molecule has 1 aliphatic rings. The molecule has 0 unspecified atom stereocenters. The van der Waals surface area contributed by atoms with Gasteiger partial charge in [-0.2, -0.15) is 0 Å². The first-order valence-electron chi connectivity index (χ1n) is 7.95. The molecule has 1 aliphatic heterocycles. The molecule has 2 aromatic rings. The van der Waals surface area contributed by atoms with E-state index in [1.54, 1.807) is 49.4 Å². The van der Waals surface area contributed by atoms with E-state index >= 15 is 0 Å². The lowest BCUT2D eigenvalue weighted by atomic mass is 10.1. The number of benzene rings is 2. The standard InChI is InChI=1S/C19H14ClNO5S/c1-2-25-15-8-11(9-16-17(22)21-19(24)27-16)6-7-14(15)26-18(23)12-4-3-5-13(20)10-12/h3-10H,2H2,1H3,(H,21,22,24)/b16-9+. The molecular weight excluding hydrogens is 390 g/mol. The van der Waals surface area contributed by atoms with Crippen molar-refractivity contribution < 1.29 is 23.9 Å². The van der Waals surface area contributed by atoms with Crippen LogP contribution in [0.15, 0.2) is 47.4 Å². The number of ether oxygens (including phenoxy) is 2. The second-order valence-corrected chi connectivity index (χ2v) is 6.84. The third-order valence-corrected chi connectivity index (χ3v) is 4.52. The molecule has 1 saturated heterocycles. The van der Waals surface area contributed by atoms with Crippen LogP contribution in [0.4, 0.5) is 4.79 Å². The van der Waals surface area contributed by atoms with Crippen LogP contribution >= 0.6 is 23.4 Å². The fraction of sp³-hybridized carbons (Fsp3) is 0.105. The predicted octanol–water partition coefficient (Wildman–Crippen LogP) is 4.28. The Balaban J connectivity index is 1.85. The predicted molar refractivity (Wildman–Crippen MR) is 103 cm³/mol. The van der Waals surface area contributed by atoms with Crippen molar-refractivity contribution >= 4 is 46.6 Å². The normalized spacial score (nSPS) is 15.0. The van der Waals surface area contributed by atoms with Gasteiger partial charge in [0.05, 0.1) is 17.1 Å². The zero-order valence-corrected chi connectivity index (χ0v) is 15.7. The number of carbonyl (C=O) groups is 3. The van der Waals surface area contributed by atoms with Crippen LogP contribution in [0.2, 0.25) is 5.02 Å². The van der Waals surface area contributed by atoms with Gasteiger partial charge in [0.15, 0.2) is 11.5 Å². The van der Waals surface area contributed by atoms with E-state index in [0.717, 1.165) is 11.8 Å². The number of hydrogen-bond acceptors (Lipinski definition) is 6. The molecule has 1 N–H and O–H groups in total. The van der Waals surface area contributed by atoms with Gasteiger partial charge in [0.1, 0.15) is 0 Å². The van der Waals surface area contributed by atoms with Crippen LogP contribution in [0, 0.1) is 0 Å². The molecule has 0 spiro atoms. The summed E-state index contributed by atoms with van der Waals surface area (Å²) >= 11 is 6.72. The molecule has 1 fully saturated rings. The van der Waals surface area contributed by atoms with Crippen LogP contribution in [-0.4, -0.2) is 23.7 Å². The van der Waals surface area contributed by atoms with Gasteiger partial charge in [-0.15, -0.1) is 0 Å². The summed E-state index contributed by atoms with van der Waals surface area (Å²) in [5.41, 5.74) is 0.946. The molecule has 0 radical (unpaired) electrons. The van der Waals surface area contributed by atoms with Gasteiger partial charge in [-0.05, 0) is 60.7 Å². The number of amides is 2. The molecule has 2 amide bonds. The Bertz CT molecular complexity index is 957. The Morgan fingerprint density at radius 2 is 2.00 bits per heavy atom. The topological polar surface area (TPSA) is 81.7 Å². The minimum atomic E-state index is -0.569. The maximum Gasteiger partial charge on any atom is 0.343 e. The summed E-state index contributed by atoms with van der Waals surface area (Å²) in [6.45, 7) is 2.15. The van der Waals surface area contributed by atoms with Crippen molar-refractivity contribution in [3.8, 4) is 11.5 Å². The minimum Gasteiger partial charge on any atom is -0.490 e. The van der Waals surface area contributed by atoms with Crippen LogP contribution in [0.25, 0.3) is 6.08 Å². The smallest absolute Gasteiger partial charge is 0.343 e. The molecule has 3 rings (SSSR count). The maximum atomic E-state index is 12.3. The molecule has 0 aliphatic carbocycles. The van der Waals surface area contributed by atoms with E-state index in [9.17, 15) is 14.4 Å². The Morgan fingerprint density at radius 1 is 1.19 bits per heavy atom. The van der Waals surface area contributed by atoms with E-state index in [1.807, 2.05) is 0 Å². The van der Waals surface area contributed by atoms with Crippen molar-refractivity contribution in [1.29, 1.82) is 0 Å². The average molecular weight is 404 g/mol. The van der Waals surface area contributed by atoms with Crippen molar-refractivity contribution in [2.24, 2.45) is 0 Å². The van der Waals surface area contributed by atoms with Gasteiger partial charge in [-0.1, -0.05) is 23.7 Å². The van der Waals surface area contributed by atoms with Crippen LogP contribution in [0.1, 0.15) is 22.8 Å². The van der Waals surface area contributed by atoms with Gasteiger partial charge in [-0.25, -0.2) is 4.79 Å². The number of halogens is 1. The lowest BCUT2D eigenvalue weighted by molar-refractivity contribution is -0.115. The van der Waals surface area contributed by atoms with Crippen LogP contribution in [0.3, 0.4) is 0 Å². The van der Waals surface area contributed by atoms with Crippen molar-refractivity contribution in [2.75, 3.05) is 6.61 Å². The molecule has 138 valence electrons. The largest absolute Gasteiger partial charge is 0.490 e. The summed E-state index contributed by atoms with van der Waals surface area (Å²) < 4.78 is 11.0. The lowest BCUT2D eigenvalue weighted by Crippen LogP contribution is -2.17. The summed E-state index contributed by atoms with van der Waals surface area (Å²) in [4.78, 5) is 35.5. The van der Waals surface area contributed by atoms with Crippen molar-refractivity contribution in [2.45, 2.75) is 6.92 Å². The SMILES string of the molecule is CCOc1cc(/C=C2/SC(=O)NC2=O)ccc1OC(=O)c1cccc(Cl)c1. The highest BCUT2D eigenvalue weighted by Gasteiger charge is 2.25. The van der Waals surface area contributed by atoms with Crippen LogP contribution in [-0.2, 0) is 4.79 Å². The Hall–Kier alpha value is -2.77. The highest BCUT2D eigenvalue weighted by Crippen LogP contribution is 2.32. The van der Waals surface area contributed by atoms with Crippen LogP contribution in [0.5, 0.6) is 11.5 Å². The van der Waals surface area contributed by atoms with Crippen molar-refractivity contribution in [1.82, 2.24) is 5.32 Å². The first-order valence-corrected chi connectivity index (χ1v) is 9.15. The van der Waals surface area contributed by atoms with E-state index in [-0.39, 0.29) is 10.7 Å².